The lowest BCUT2D eigenvalue weighted by Crippen LogP contribution is -2.43. The van der Waals surface area contributed by atoms with Gasteiger partial charge < -0.3 is 14.1 Å². The Bertz CT molecular complexity index is 450. The van der Waals surface area contributed by atoms with Gasteiger partial charge in [0, 0.05) is 6.04 Å². The van der Waals surface area contributed by atoms with Gasteiger partial charge in [0.1, 0.15) is 5.76 Å². The van der Waals surface area contributed by atoms with Crippen molar-refractivity contribution in [3.63, 3.8) is 0 Å². The summed E-state index contributed by atoms with van der Waals surface area (Å²) in [6, 6.07) is 4.12. The van der Waals surface area contributed by atoms with E-state index >= 15 is 0 Å². The zero-order valence-corrected chi connectivity index (χ0v) is 13.3. The summed E-state index contributed by atoms with van der Waals surface area (Å²) in [6.07, 6.45) is 3.62. The largest absolute Gasteiger partial charge is 0.463 e. The van der Waals surface area contributed by atoms with Crippen LogP contribution in [0.1, 0.15) is 42.5 Å². The van der Waals surface area contributed by atoms with Gasteiger partial charge in [-0.05, 0) is 58.1 Å². The fraction of sp³-hybridized carbons (Fsp3) is 0.688. The first-order chi connectivity index (χ1) is 10.1. The average Bonchev–Trinajstić information content (AvgIpc) is 2.96. The molecule has 0 bridgehead atoms. The molecule has 1 saturated heterocycles. The SMILES string of the molecule is CCCN1CCC(N(C)Cc2ccc(C(=O)OC)o2)CC1. The van der Waals surface area contributed by atoms with E-state index in [-0.39, 0.29) is 5.76 Å². The second-order valence-electron chi connectivity index (χ2n) is 5.75. The zero-order chi connectivity index (χ0) is 15.2. The first kappa shape index (κ1) is 16.0. The van der Waals surface area contributed by atoms with Gasteiger partial charge in [-0.2, -0.15) is 0 Å². The van der Waals surface area contributed by atoms with Gasteiger partial charge in [-0.15, -0.1) is 0 Å². The molecule has 5 nitrogen and oxygen atoms in total. The number of likely N-dealkylation sites (tertiary alicyclic amines) is 1. The number of piperidine rings is 1. The number of esters is 1. The Balaban J connectivity index is 1.83. The second kappa shape index (κ2) is 7.61. The number of rotatable bonds is 6. The highest BCUT2D eigenvalue weighted by molar-refractivity contribution is 5.86. The molecular weight excluding hydrogens is 268 g/mol. The Morgan fingerprint density at radius 1 is 1.43 bits per heavy atom. The van der Waals surface area contributed by atoms with Crippen molar-refractivity contribution >= 4 is 5.97 Å². The molecule has 1 fully saturated rings. The second-order valence-corrected chi connectivity index (χ2v) is 5.75. The van der Waals surface area contributed by atoms with Crippen LogP contribution in [0.15, 0.2) is 16.5 Å². The molecule has 1 aliphatic heterocycles. The predicted octanol–water partition coefficient (Wildman–Crippen LogP) is 2.37. The first-order valence-corrected chi connectivity index (χ1v) is 7.73. The van der Waals surface area contributed by atoms with Crippen LogP contribution in [-0.4, -0.2) is 55.6 Å². The molecule has 1 aromatic heterocycles. The molecule has 5 heteroatoms. The van der Waals surface area contributed by atoms with E-state index in [0.29, 0.717) is 6.04 Å². The molecule has 118 valence electrons. The van der Waals surface area contributed by atoms with Crippen LogP contribution in [0, 0.1) is 0 Å². The molecule has 0 N–H and O–H groups in total. The van der Waals surface area contributed by atoms with E-state index in [1.54, 1.807) is 6.07 Å². The molecule has 0 aromatic carbocycles. The molecule has 0 spiro atoms. The lowest BCUT2D eigenvalue weighted by molar-refractivity contribution is 0.0559. The van der Waals surface area contributed by atoms with Gasteiger partial charge in [0.05, 0.1) is 13.7 Å². The maximum absolute atomic E-state index is 11.4. The molecule has 0 radical (unpaired) electrons. The maximum atomic E-state index is 11.4. The van der Waals surface area contributed by atoms with E-state index < -0.39 is 5.97 Å². The Labute approximate surface area is 126 Å². The Morgan fingerprint density at radius 2 is 2.14 bits per heavy atom. The van der Waals surface area contributed by atoms with Gasteiger partial charge in [0.2, 0.25) is 5.76 Å². The molecule has 0 saturated carbocycles. The van der Waals surface area contributed by atoms with E-state index in [4.69, 9.17) is 4.42 Å². The summed E-state index contributed by atoms with van der Waals surface area (Å²) in [5.74, 6) is 0.671. The van der Waals surface area contributed by atoms with Crippen LogP contribution in [0.4, 0.5) is 0 Å². The van der Waals surface area contributed by atoms with Crippen molar-refractivity contribution in [2.45, 2.75) is 38.8 Å². The average molecular weight is 294 g/mol. The fourth-order valence-corrected chi connectivity index (χ4v) is 2.95. The standard InChI is InChI=1S/C16H26N2O3/c1-4-9-18-10-7-13(8-11-18)17(2)12-14-5-6-15(21-14)16(19)20-3/h5-6,13H,4,7-12H2,1-3H3. The van der Waals surface area contributed by atoms with Crippen LogP contribution in [0.3, 0.4) is 0 Å². The quantitative estimate of drug-likeness (QED) is 0.754. The number of carbonyl (C=O) groups is 1. The van der Waals surface area contributed by atoms with Gasteiger partial charge in [-0.1, -0.05) is 6.92 Å². The highest BCUT2D eigenvalue weighted by atomic mass is 16.5. The summed E-state index contributed by atoms with van der Waals surface area (Å²) < 4.78 is 10.2. The van der Waals surface area contributed by atoms with Crippen LogP contribution in [-0.2, 0) is 11.3 Å². The Morgan fingerprint density at radius 3 is 2.76 bits per heavy atom. The van der Waals surface area contributed by atoms with Gasteiger partial charge in [0.15, 0.2) is 0 Å². The number of methoxy groups -OCH3 is 1. The molecule has 0 amide bonds. The topological polar surface area (TPSA) is 45.9 Å². The summed E-state index contributed by atoms with van der Waals surface area (Å²) in [7, 11) is 3.49. The van der Waals surface area contributed by atoms with Crippen molar-refractivity contribution in [1.29, 1.82) is 0 Å². The number of ether oxygens (including phenoxy) is 1. The highest BCUT2D eigenvalue weighted by Gasteiger charge is 2.23. The minimum absolute atomic E-state index is 0.277. The van der Waals surface area contributed by atoms with Crippen LogP contribution in [0.25, 0.3) is 0 Å². The van der Waals surface area contributed by atoms with Crippen LogP contribution in [0.2, 0.25) is 0 Å². The Hall–Kier alpha value is -1.33. The summed E-state index contributed by atoms with van der Waals surface area (Å²) >= 11 is 0. The van der Waals surface area contributed by atoms with E-state index in [1.165, 1.54) is 46.0 Å². The smallest absolute Gasteiger partial charge is 0.373 e. The molecule has 0 aliphatic carbocycles. The summed E-state index contributed by atoms with van der Waals surface area (Å²) in [5.41, 5.74) is 0. The Kier molecular flexibility index (Phi) is 5.82. The van der Waals surface area contributed by atoms with Crippen LogP contribution in [0.5, 0.6) is 0 Å². The van der Waals surface area contributed by atoms with Gasteiger partial charge in [-0.25, -0.2) is 4.79 Å². The van der Waals surface area contributed by atoms with Crippen molar-refractivity contribution < 1.29 is 13.9 Å². The van der Waals surface area contributed by atoms with E-state index in [2.05, 4.69) is 28.5 Å². The number of hydrogen-bond acceptors (Lipinski definition) is 5. The van der Waals surface area contributed by atoms with Crippen LogP contribution >= 0.6 is 0 Å². The third-order valence-electron chi connectivity index (χ3n) is 4.17. The zero-order valence-electron chi connectivity index (χ0n) is 13.3. The van der Waals surface area contributed by atoms with Crippen LogP contribution < -0.4 is 0 Å². The van der Waals surface area contributed by atoms with Crippen molar-refractivity contribution in [2.75, 3.05) is 33.8 Å². The monoisotopic (exact) mass is 294 g/mol. The van der Waals surface area contributed by atoms with Crippen molar-refractivity contribution in [1.82, 2.24) is 9.80 Å². The predicted molar refractivity (Wildman–Crippen MR) is 81.3 cm³/mol. The van der Waals surface area contributed by atoms with Crippen molar-refractivity contribution in [2.24, 2.45) is 0 Å². The number of hydrogen-bond donors (Lipinski definition) is 0. The normalized spacial score (nSPS) is 17.3. The van der Waals surface area contributed by atoms with E-state index in [0.717, 1.165) is 12.3 Å². The van der Waals surface area contributed by atoms with E-state index in [9.17, 15) is 4.79 Å². The lowest BCUT2D eigenvalue weighted by Gasteiger charge is -2.36. The highest BCUT2D eigenvalue weighted by Crippen LogP contribution is 2.19. The molecule has 1 aliphatic rings. The molecule has 0 atom stereocenters. The summed E-state index contributed by atoms with van der Waals surface area (Å²) in [6.45, 7) is 6.52. The number of furan rings is 1. The van der Waals surface area contributed by atoms with Gasteiger partial charge in [-0.3, -0.25) is 4.90 Å². The molecule has 21 heavy (non-hydrogen) atoms. The summed E-state index contributed by atoms with van der Waals surface area (Å²) in [4.78, 5) is 16.2. The number of carbonyl (C=O) groups excluding carboxylic acids is 1. The minimum Gasteiger partial charge on any atom is -0.463 e. The van der Waals surface area contributed by atoms with Crippen molar-refractivity contribution in [3.05, 3.63) is 23.7 Å². The first-order valence-electron chi connectivity index (χ1n) is 7.73. The van der Waals surface area contributed by atoms with Crippen molar-refractivity contribution in [3.8, 4) is 0 Å². The molecular formula is C16H26N2O3. The molecule has 2 heterocycles. The third kappa shape index (κ3) is 4.32. The lowest BCUT2D eigenvalue weighted by atomic mass is 10.0. The third-order valence-corrected chi connectivity index (χ3v) is 4.17. The molecule has 0 unspecified atom stereocenters. The fourth-order valence-electron chi connectivity index (χ4n) is 2.95. The number of nitrogens with zero attached hydrogens (tertiary/aromatic N) is 2. The minimum atomic E-state index is -0.420. The maximum Gasteiger partial charge on any atom is 0.373 e. The van der Waals surface area contributed by atoms with Gasteiger partial charge >= 0.3 is 5.97 Å². The summed E-state index contributed by atoms with van der Waals surface area (Å²) in [5, 5.41) is 0. The molecule has 2 rings (SSSR count). The van der Waals surface area contributed by atoms with Gasteiger partial charge in [0.25, 0.3) is 0 Å². The van der Waals surface area contributed by atoms with E-state index in [1.807, 2.05) is 6.07 Å². The molecule has 1 aromatic rings.